The zero-order valence-electron chi connectivity index (χ0n) is 24.4. The number of carbonyl (C=O) groups excluding carboxylic acids is 4. The standard InChI is InChI=1S/C34H36N2O6Si/c1-34(2,43(41,25-9-5-3-6-10-25)26-11-7-4-8-12-26)18-17-22-19-24(20-22)42-23-13-14-27-28(21-23)33(40)36(32(27)39)29-15-16-30(37)35-31(29)38/h3-14,21-22,24,29,41H,15-20H2,1-2H3,(H,35,37,38). The number of imide groups is 2. The molecule has 2 N–H and O–H groups in total. The third-order valence-electron chi connectivity index (χ3n) is 9.45. The fourth-order valence-electron chi connectivity index (χ4n) is 6.78. The summed E-state index contributed by atoms with van der Waals surface area (Å²) in [5.74, 6) is -1.11. The van der Waals surface area contributed by atoms with Crippen molar-refractivity contribution in [2.45, 2.75) is 69.6 Å². The zero-order chi connectivity index (χ0) is 30.4. The Morgan fingerprint density at radius 2 is 1.49 bits per heavy atom. The first kappa shape index (κ1) is 29.0. The minimum Gasteiger partial charge on any atom is -0.490 e. The molecule has 0 aromatic heterocycles. The van der Waals surface area contributed by atoms with Crippen LogP contribution in [-0.4, -0.2) is 53.8 Å². The summed E-state index contributed by atoms with van der Waals surface area (Å²) < 4.78 is 6.20. The summed E-state index contributed by atoms with van der Waals surface area (Å²) in [5, 5.41) is 3.94. The monoisotopic (exact) mass is 596 g/mol. The fourth-order valence-corrected chi connectivity index (χ4v) is 10.5. The third kappa shape index (κ3) is 5.21. The van der Waals surface area contributed by atoms with Crippen molar-refractivity contribution >= 4 is 42.3 Å². The highest BCUT2D eigenvalue weighted by molar-refractivity contribution is 6.98. The molecule has 3 aromatic rings. The number of hydrogen-bond acceptors (Lipinski definition) is 6. The molecule has 4 amide bonds. The molecule has 1 saturated carbocycles. The van der Waals surface area contributed by atoms with Gasteiger partial charge in [-0.2, -0.15) is 0 Å². The molecule has 43 heavy (non-hydrogen) atoms. The van der Waals surface area contributed by atoms with Gasteiger partial charge in [-0.15, -0.1) is 0 Å². The second-order valence-corrected chi connectivity index (χ2v) is 16.5. The lowest BCUT2D eigenvalue weighted by atomic mass is 9.78. The van der Waals surface area contributed by atoms with Crippen LogP contribution in [0.4, 0.5) is 0 Å². The first-order valence-electron chi connectivity index (χ1n) is 14.9. The molecule has 3 aromatic carbocycles. The normalized spacial score (nSPS) is 22.2. The molecule has 1 aliphatic carbocycles. The summed E-state index contributed by atoms with van der Waals surface area (Å²) in [7, 11) is -3.05. The molecule has 1 unspecified atom stereocenters. The van der Waals surface area contributed by atoms with Crippen molar-refractivity contribution < 1.29 is 28.7 Å². The van der Waals surface area contributed by atoms with Gasteiger partial charge in [0.05, 0.1) is 17.2 Å². The Bertz CT molecular complexity index is 1530. The highest BCUT2D eigenvalue weighted by Crippen LogP contribution is 2.44. The molecular formula is C34H36N2O6Si. The quantitative estimate of drug-likeness (QED) is 0.289. The highest BCUT2D eigenvalue weighted by atomic mass is 28.4. The Morgan fingerprint density at radius 3 is 2.09 bits per heavy atom. The fraction of sp³-hybridized carbons (Fsp3) is 0.353. The Kier molecular flexibility index (Phi) is 7.56. The van der Waals surface area contributed by atoms with Gasteiger partial charge in [0.25, 0.3) is 20.1 Å². The molecule has 1 saturated heterocycles. The van der Waals surface area contributed by atoms with E-state index < -0.39 is 38.0 Å². The van der Waals surface area contributed by atoms with Crippen molar-refractivity contribution in [3.8, 4) is 5.75 Å². The summed E-state index contributed by atoms with van der Waals surface area (Å²) in [6.45, 7) is 4.37. The Morgan fingerprint density at radius 1 is 0.884 bits per heavy atom. The lowest BCUT2D eigenvalue weighted by Crippen LogP contribution is -2.65. The van der Waals surface area contributed by atoms with Crippen molar-refractivity contribution in [1.29, 1.82) is 0 Å². The Labute approximate surface area is 252 Å². The van der Waals surface area contributed by atoms with Crippen molar-refractivity contribution in [2.75, 3.05) is 0 Å². The van der Waals surface area contributed by atoms with Gasteiger partial charge in [0.1, 0.15) is 11.8 Å². The van der Waals surface area contributed by atoms with E-state index in [9.17, 15) is 24.0 Å². The summed E-state index contributed by atoms with van der Waals surface area (Å²) in [5.41, 5.74) is 0.458. The van der Waals surface area contributed by atoms with Crippen LogP contribution in [-0.2, 0) is 9.59 Å². The van der Waals surface area contributed by atoms with Crippen LogP contribution in [0.1, 0.15) is 73.1 Å². The first-order valence-corrected chi connectivity index (χ1v) is 16.9. The third-order valence-corrected chi connectivity index (χ3v) is 14.0. The number of nitrogens with one attached hydrogen (secondary N) is 1. The molecule has 0 bridgehead atoms. The van der Waals surface area contributed by atoms with Crippen molar-refractivity contribution in [2.24, 2.45) is 5.92 Å². The second kappa shape index (κ2) is 11.2. The van der Waals surface area contributed by atoms with Gasteiger partial charge in [-0.1, -0.05) is 74.5 Å². The number of rotatable bonds is 9. The lowest BCUT2D eigenvalue weighted by molar-refractivity contribution is -0.136. The van der Waals surface area contributed by atoms with Gasteiger partial charge in [-0.3, -0.25) is 29.4 Å². The predicted octanol–water partition coefficient (Wildman–Crippen LogP) is 3.56. The van der Waals surface area contributed by atoms with E-state index >= 15 is 0 Å². The molecule has 222 valence electrons. The number of fused-ring (bicyclic) bond motifs is 1. The number of ether oxygens (including phenoxy) is 1. The number of hydrogen-bond donors (Lipinski definition) is 2. The van der Waals surface area contributed by atoms with E-state index in [2.05, 4.69) is 19.2 Å². The molecule has 8 nitrogen and oxygen atoms in total. The smallest absolute Gasteiger partial charge is 0.262 e. The van der Waals surface area contributed by atoms with Crippen molar-refractivity contribution in [3.05, 3.63) is 90.0 Å². The van der Waals surface area contributed by atoms with Crippen LogP contribution in [0.5, 0.6) is 5.75 Å². The van der Waals surface area contributed by atoms with Gasteiger partial charge in [0.2, 0.25) is 11.8 Å². The Balaban J connectivity index is 1.08. The van der Waals surface area contributed by atoms with Crippen molar-refractivity contribution in [1.82, 2.24) is 10.2 Å². The summed E-state index contributed by atoms with van der Waals surface area (Å²) in [6.07, 6.45) is 3.80. The zero-order valence-corrected chi connectivity index (χ0v) is 25.4. The van der Waals surface area contributed by atoms with Crippen LogP contribution >= 0.6 is 0 Å². The highest BCUT2D eigenvalue weighted by Gasteiger charge is 2.50. The van der Waals surface area contributed by atoms with Crippen LogP contribution in [0.2, 0.25) is 5.04 Å². The van der Waals surface area contributed by atoms with E-state index in [0.717, 1.165) is 41.0 Å². The average molecular weight is 597 g/mol. The largest absolute Gasteiger partial charge is 0.490 e. The van der Waals surface area contributed by atoms with Crippen LogP contribution < -0.4 is 20.4 Å². The maximum absolute atomic E-state index is 13.1. The topological polar surface area (TPSA) is 113 Å². The SMILES string of the molecule is CC(C)(CCC1CC(Oc2ccc3c(c2)C(=O)N(C2CCC(=O)NC2=O)C3=O)C1)[Si](O)(c1ccccc1)c1ccccc1. The number of piperidine rings is 1. The van der Waals surface area contributed by atoms with Crippen LogP contribution in [0.25, 0.3) is 0 Å². The number of benzene rings is 3. The number of amides is 4. The second-order valence-electron chi connectivity index (χ2n) is 12.6. The van der Waals surface area contributed by atoms with E-state index in [-0.39, 0.29) is 35.1 Å². The summed E-state index contributed by atoms with van der Waals surface area (Å²) in [4.78, 5) is 63.3. The van der Waals surface area contributed by atoms with E-state index in [0.29, 0.717) is 11.7 Å². The molecular weight excluding hydrogens is 560 g/mol. The molecule has 2 aliphatic heterocycles. The summed E-state index contributed by atoms with van der Waals surface area (Å²) in [6, 6.07) is 24.0. The predicted molar refractivity (Wildman–Crippen MR) is 164 cm³/mol. The molecule has 0 radical (unpaired) electrons. The van der Waals surface area contributed by atoms with E-state index in [1.165, 1.54) is 0 Å². The van der Waals surface area contributed by atoms with E-state index in [1.54, 1.807) is 18.2 Å². The van der Waals surface area contributed by atoms with Crippen LogP contribution in [0, 0.1) is 5.92 Å². The molecule has 9 heteroatoms. The average Bonchev–Trinajstić information content (AvgIpc) is 3.23. The van der Waals surface area contributed by atoms with Gasteiger partial charge >= 0.3 is 0 Å². The van der Waals surface area contributed by atoms with Crippen LogP contribution in [0.15, 0.2) is 78.9 Å². The Hall–Kier alpha value is -4.08. The van der Waals surface area contributed by atoms with E-state index in [4.69, 9.17) is 4.74 Å². The van der Waals surface area contributed by atoms with Crippen molar-refractivity contribution in [3.63, 3.8) is 0 Å². The lowest BCUT2D eigenvalue weighted by Gasteiger charge is -2.43. The molecule has 2 fully saturated rings. The van der Waals surface area contributed by atoms with Crippen LogP contribution in [0.3, 0.4) is 0 Å². The maximum Gasteiger partial charge on any atom is 0.262 e. The number of nitrogens with zero attached hydrogens (tertiary/aromatic N) is 1. The van der Waals surface area contributed by atoms with Gasteiger partial charge in [-0.25, -0.2) is 0 Å². The minimum absolute atomic E-state index is 0.00369. The van der Waals surface area contributed by atoms with Gasteiger partial charge < -0.3 is 9.53 Å². The maximum atomic E-state index is 13.1. The molecule has 2 heterocycles. The summed E-state index contributed by atoms with van der Waals surface area (Å²) >= 11 is 0. The molecule has 1 atom stereocenters. The first-order chi connectivity index (χ1) is 20.6. The minimum atomic E-state index is -3.05. The molecule has 6 rings (SSSR count). The van der Waals surface area contributed by atoms with Gasteiger partial charge in [-0.05, 0) is 71.6 Å². The molecule has 0 spiro atoms. The van der Waals surface area contributed by atoms with E-state index in [1.807, 2.05) is 60.7 Å². The van der Waals surface area contributed by atoms with Gasteiger partial charge in [0.15, 0.2) is 0 Å². The van der Waals surface area contributed by atoms with Gasteiger partial charge in [0, 0.05) is 6.42 Å². The molecule has 3 aliphatic rings. The number of carbonyl (C=O) groups is 4.